The molecule has 0 aliphatic carbocycles. The summed E-state index contributed by atoms with van der Waals surface area (Å²) >= 11 is 1.32. The van der Waals surface area contributed by atoms with Crippen LogP contribution in [0.2, 0.25) is 0 Å². The second-order valence-corrected chi connectivity index (χ2v) is 10.4. The number of nitrogens with one attached hydrogen (secondary N) is 1. The molecule has 0 aromatic carbocycles. The third kappa shape index (κ3) is 4.25. The summed E-state index contributed by atoms with van der Waals surface area (Å²) in [5.41, 5.74) is 1.36. The lowest BCUT2D eigenvalue weighted by atomic mass is 10.2. The maximum Gasteiger partial charge on any atom is 0.265 e. The summed E-state index contributed by atoms with van der Waals surface area (Å²) in [6, 6.07) is 1.61. The largest absolute Gasteiger partial charge is 0.377 e. The van der Waals surface area contributed by atoms with Crippen molar-refractivity contribution in [1.82, 2.24) is 19.2 Å². The minimum atomic E-state index is -3.64. The summed E-state index contributed by atoms with van der Waals surface area (Å²) in [5, 5.41) is 0.646. The fraction of sp³-hybridized carbons (Fsp3) is 0.579. The molecule has 1 N–H and O–H groups in total. The van der Waals surface area contributed by atoms with Crippen molar-refractivity contribution < 1.29 is 17.9 Å². The second kappa shape index (κ2) is 8.17. The predicted octanol–water partition coefficient (Wildman–Crippen LogP) is 2.15. The summed E-state index contributed by atoms with van der Waals surface area (Å²) in [7, 11) is -1.85. The fourth-order valence-electron chi connectivity index (χ4n) is 3.75. The van der Waals surface area contributed by atoms with Crippen LogP contribution < -0.4 is 4.72 Å². The number of carbonyl (C=O) groups excluding carboxylic acids is 1. The van der Waals surface area contributed by atoms with Crippen LogP contribution in [0, 0.1) is 6.92 Å². The van der Waals surface area contributed by atoms with Gasteiger partial charge in [-0.1, -0.05) is 0 Å². The van der Waals surface area contributed by atoms with Crippen molar-refractivity contribution in [3.8, 4) is 10.7 Å². The van der Waals surface area contributed by atoms with Crippen LogP contribution in [0.5, 0.6) is 0 Å². The van der Waals surface area contributed by atoms with E-state index >= 15 is 0 Å². The van der Waals surface area contributed by atoms with Crippen LogP contribution in [0.1, 0.15) is 41.0 Å². The average molecular weight is 439 g/mol. The van der Waals surface area contributed by atoms with Crippen LogP contribution in [0.3, 0.4) is 0 Å². The van der Waals surface area contributed by atoms with Crippen molar-refractivity contribution in [2.45, 2.75) is 43.6 Å². The smallest absolute Gasteiger partial charge is 0.265 e. The number of rotatable bonds is 6. The molecule has 1 unspecified atom stereocenters. The van der Waals surface area contributed by atoms with Gasteiger partial charge in [-0.2, -0.15) is 0 Å². The van der Waals surface area contributed by atoms with E-state index in [1.165, 1.54) is 11.3 Å². The number of nitrogens with zero attached hydrogens (tertiary/aromatic N) is 3. The molecular weight excluding hydrogens is 412 g/mol. The molecule has 10 heteroatoms. The first-order valence-electron chi connectivity index (χ1n) is 9.90. The summed E-state index contributed by atoms with van der Waals surface area (Å²) in [6.45, 7) is 4.36. The summed E-state index contributed by atoms with van der Waals surface area (Å²) in [5.74, 6) is 0.0176. The Morgan fingerprint density at radius 2 is 2.10 bits per heavy atom. The number of carbonyl (C=O) groups is 1. The maximum absolute atomic E-state index is 12.7. The zero-order valence-corrected chi connectivity index (χ0v) is 18.3. The molecule has 0 radical (unpaired) electrons. The number of amides is 1. The van der Waals surface area contributed by atoms with E-state index in [2.05, 4.69) is 9.71 Å². The molecule has 8 nitrogen and oxygen atoms in total. The molecule has 2 saturated heterocycles. The van der Waals surface area contributed by atoms with Crippen LogP contribution in [0.15, 0.2) is 17.2 Å². The third-order valence-electron chi connectivity index (χ3n) is 5.42. The predicted molar refractivity (Wildman–Crippen MR) is 111 cm³/mol. The van der Waals surface area contributed by atoms with Gasteiger partial charge in [0, 0.05) is 39.5 Å². The zero-order chi connectivity index (χ0) is 20.6. The highest BCUT2D eigenvalue weighted by atomic mass is 32.2. The van der Waals surface area contributed by atoms with Gasteiger partial charge in [0.15, 0.2) is 0 Å². The van der Waals surface area contributed by atoms with E-state index in [1.54, 1.807) is 23.9 Å². The standard InChI is InChI=1S/C19H26N4O4S2/c1-13-17(19(24)23-7-3-4-8-23)28-18(21-13)16-10-15(12-22(16)2)29(25,26)20-11-14-6-5-9-27-14/h10,12,14,20H,3-9,11H2,1-2H3. The SMILES string of the molecule is Cc1nc(-c2cc(S(=O)(=O)NCC3CCCO3)cn2C)sc1C(=O)N1CCCC1. The lowest BCUT2D eigenvalue weighted by Crippen LogP contribution is -2.31. The number of aryl methyl sites for hydroxylation is 2. The molecule has 4 rings (SSSR count). The highest BCUT2D eigenvalue weighted by Gasteiger charge is 2.26. The lowest BCUT2D eigenvalue weighted by molar-refractivity contribution is 0.0796. The van der Waals surface area contributed by atoms with Crippen molar-refractivity contribution in [3.63, 3.8) is 0 Å². The normalized spacial score (nSPS) is 19.9. The van der Waals surface area contributed by atoms with Gasteiger partial charge >= 0.3 is 0 Å². The summed E-state index contributed by atoms with van der Waals surface area (Å²) in [4.78, 5) is 20.0. The van der Waals surface area contributed by atoms with Gasteiger partial charge in [-0.25, -0.2) is 18.1 Å². The zero-order valence-electron chi connectivity index (χ0n) is 16.7. The van der Waals surface area contributed by atoms with Crippen molar-refractivity contribution >= 4 is 27.3 Å². The first kappa shape index (κ1) is 20.5. The monoisotopic (exact) mass is 438 g/mol. The Morgan fingerprint density at radius 3 is 2.79 bits per heavy atom. The van der Waals surface area contributed by atoms with Crippen LogP contribution in [0.4, 0.5) is 0 Å². The van der Waals surface area contributed by atoms with E-state index in [0.717, 1.165) is 38.8 Å². The Bertz CT molecular complexity index is 1000. The molecular formula is C19H26N4O4S2. The molecule has 2 aliphatic heterocycles. The van der Waals surface area contributed by atoms with Gasteiger partial charge in [-0.3, -0.25) is 4.79 Å². The van der Waals surface area contributed by atoms with E-state index < -0.39 is 10.0 Å². The Balaban J connectivity index is 1.54. The molecule has 1 atom stereocenters. The van der Waals surface area contributed by atoms with Crippen LogP contribution in [-0.2, 0) is 21.8 Å². The first-order valence-corrected chi connectivity index (χ1v) is 12.2. The van der Waals surface area contributed by atoms with Crippen molar-refractivity contribution in [1.29, 1.82) is 0 Å². The molecule has 0 bridgehead atoms. The molecule has 0 spiro atoms. The molecule has 29 heavy (non-hydrogen) atoms. The molecule has 0 saturated carbocycles. The number of sulfonamides is 1. The minimum absolute atomic E-state index is 0.0176. The average Bonchev–Trinajstić information content (AvgIpc) is 3.46. The van der Waals surface area contributed by atoms with Crippen molar-refractivity contribution in [2.24, 2.45) is 7.05 Å². The van der Waals surface area contributed by atoms with Gasteiger partial charge in [0.25, 0.3) is 5.91 Å². The molecule has 1 amide bonds. The molecule has 2 aliphatic rings. The van der Waals surface area contributed by atoms with Crippen molar-refractivity contribution in [3.05, 3.63) is 22.8 Å². The van der Waals surface area contributed by atoms with E-state index in [0.29, 0.717) is 27.9 Å². The van der Waals surface area contributed by atoms with Gasteiger partial charge in [0.05, 0.1) is 17.5 Å². The highest BCUT2D eigenvalue weighted by Crippen LogP contribution is 2.31. The molecule has 2 fully saturated rings. The number of thiazole rings is 1. The topological polar surface area (TPSA) is 93.5 Å². The van der Waals surface area contributed by atoms with Gasteiger partial charge in [0.2, 0.25) is 10.0 Å². The number of hydrogen-bond acceptors (Lipinski definition) is 6. The van der Waals surface area contributed by atoms with Crippen molar-refractivity contribution in [2.75, 3.05) is 26.2 Å². The molecule has 158 valence electrons. The Hall–Kier alpha value is -1.75. The molecule has 4 heterocycles. The third-order valence-corrected chi connectivity index (χ3v) is 7.98. The molecule has 2 aromatic rings. The quantitative estimate of drug-likeness (QED) is 0.746. The fourth-order valence-corrected chi connectivity index (χ4v) is 5.98. The Kier molecular flexibility index (Phi) is 5.78. The Morgan fingerprint density at radius 1 is 1.34 bits per heavy atom. The number of aromatic nitrogens is 2. The summed E-state index contributed by atoms with van der Waals surface area (Å²) in [6.07, 6.45) is 5.42. The summed E-state index contributed by atoms with van der Waals surface area (Å²) < 4.78 is 35.2. The van der Waals surface area contributed by atoms with Gasteiger partial charge in [-0.15, -0.1) is 11.3 Å². The second-order valence-electron chi connectivity index (χ2n) is 7.59. The number of hydrogen-bond donors (Lipinski definition) is 1. The van der Waals surface area contributed by atoms with E-state index in [4.69, 9.17) is 4.74 Å². The van der Waals surface area contributed by atoms with E-state index in [9.17, 15) is 13.2 Å². The molecule has 2 aromatic heterocycles. The number of likely N-dealkylation sites (tertiary alicyclic amines) is 1. The van der Waals surface area contributed by atoms with E-state index in [-0.39, 0.29) is 23.5 Å². The minimum Gasteiger partial charge on any atom is -0.377 e. The first-order chi connectivity index (χ1) is 13.8. The number of ether oxygens (including phenoxy) is 1. The van der Waals surface area contributed by atoms with E-state index in [1.807, 2.05) is 11.8 Å². The highest BCUT2D eigenvalue weighted by molar-refractivity contribution is 7.89. The maximum atomic E-state index is 12.7. The van der Waals surface area contributed by atoms with Gasteiger partial charge in [-0.05, 0) is 38.7 Å². The van der Waals surface area contributed by atoms with Gasteiger partial charge < -0.3 is 14.2 Å². The lowest BCUT2D eigenvalue weighted by Gasteiger charge is -2.13. The van der Waals surface area contributed by atoms with Gasteiger partial charge in [0.1, 0.15) is 14.8 Å². The Labute approximate surface area is 174 Å². The van der Waals surface area contributed by atoms with Crippen LogP contribution >= 0.6 is 11.3 Å². The van der Waals surface area contributed by atoms with Crippen LogP contribution in [0.25, 0.3) is 10.7 Å². The van der Waals surface area contributed by atoms with Crippen LogP contribution in [-0.4, -0.2) is 61.1 Å².